The Labute approximate surface area is 149 Å². The number of amides is 1. The number of benzene rings is 1. The molecule has 1 aromatic carbocycles. The molecule has 2 saturated carbocycles. The molecule has 2 N–H and O–H groups in total. The van der Waals surface area contributed by atoms with Gasteiger partial charge in [-0.3, -0.25) is 4.79 Å². The number of carbonyl (C=O) groups excluding carboxylic acids is 1. The number of aromatic nitrogens is 1. The van der Waals surface area contributed by atoms with Crippen molar-refractivity contribution in [3.63, 3.8) is 0 Å². The third kappa shape index (κ3) is 2.80. The third-order valence-electron chi connectivity index (χ3n) is 6.65. The Morgan fingerprint density at radius 3 is 2.68 bits per heavy atom. The molecule has 3 heteroatoms. The van der Waals surface area contributed by atoms with Crippen molar-refractivity contribution in [2.45, 2.75) is 46.5 Å². The first kappa shape index (κ1) is 16.4. The Kier molecular flexibility index (Phi) is 4.18. The highest BCUT2D eigenvalue weighted by molar-refractivity contribution is 5.87. The van der Waals surface area contributed by atoms with Gasteiger partial charge in [0.2, 0.25) is 5.91 Å². The Hall–Kier alpha value is -2.03. The lowest BCUT2D eigenvalue weighted by molar-refractivity contribution is -0.127. The summed E-state index contributed by atoms with van der Waals surface area (Å²) in [5.74, 6) is 2.35. The van der Waals surface area contributed by atoms with Crippen LogP contribution in [0.4, 0.5) is 0 Å². The SMILES string of the molecule is CCC(NC(=O)C1C2CCC(C2)C1C)=C(C)c1cc2ccccc2[nH]1. The van der Waals surface area contributed by atoms with Crippen molar-refractivity contribution in [2.75, 3.05) is 0 Å². The van der Waals surface area contributed by atoms with Gasteiger partial charge in [0.25, 0.3) is 0 Å². The summed E-state index contributed by atoms with van der Waals surface area (Å²) < 4.78 is 0. The molecule has 3 nitrogen and oxygen atoms in total. The van der Waals surface area contributed by atoms with E-state index < -0.39 is 0 Å². The normalized spacial score (nSPS) is 29.1. The lowest BCUT2D eigenvalue weighted by Crippen LogP contribution is -2.37. The van der Waals surface area contributed by atoms with Crippen LogP contribution in [0.5, 0.6) is 0 Å². The quantitative estimate of drug-likeness (QED) is 0.801. The predicted molar refractivity (Wildman–Crippen MR) is 103 cm³/mol. The van der Waals surface area contributed by atoms with E-state index in [4.69, 9.17) is 0 Å². The van der Waals surface area contributed by atoms with E-state index in [1.54, 1.807) is 0 Å². The first-order valence-electron chi connectivity index (χ1n) is 9.67. The second-order valence-corrected chi connectivity index (χ2v) is 7.93. The van der Waals surface area contributed by atoms with Crippen LogP contribution in [0.25, 0.3) is 16.5 Å². The maximum absolute atomic E-state index is 13.0. The molecule has 1 amide bonds. The number of H-pyrrole nitrogens is 1. The molecular weight excluding hydrogens is 308 g/mol. The van der Waals surface area contributed by atoms with E-state index in [-0.39, 0.29) is 11.8 Å². The average molecular weight is 336 g/mol. The number of rotatable bonds is 4. The van der Waals surface area contributed by atoms with Gasteiger partial charge in [-0.25, -0.2) is 0 Å². The minimum atomic E-state index is 0.204. The van der Waals surface area contributed by atoms with Gasteiger partial charge in [0.1, 0.15) is 0 Å². The summed E-state index contributed by atoms with van der Waals surface area (Å²) >= 11 is 0. The van der Waals surface area contributed by atoms with Gasteiger partial charge in [-0.05, 0) is 73.5 Å². The van der Waals surface area contributed by atoms with Crippen molar-refractivity contribution in [2.24, 2.45) is 23.7 Å². The molecule has 0 radical (unpaired) electrons. The number of allylic oxidation sites excluding steroid dienone is 2. The summed E-state index contributed by atoms with van der Waals surface area (Å²) in [6.07, 6.45) is 4.65. The van der Waals surface area contributed by atoms with Crippen LogP contribution < -0.4 is 5.32 Å². The van der Waals surface area contributed by atoms with Gasteiger partial charge in [0.05, 0.1) is 0 Å². The summed E-state index contributed by atoms with van der Waals surface area (Å²) in [6.45, 7) is 6.49. The molecule has 2 aromatic rings. The van der Waals surface area contributed by atoms with Crippen LogP contribution in [0.15, 0.2) is 36.0 Å². The van der Waals surface area contributed by atoms with E-state index in [9.17, 15) is 4.79 Å². The number of para-hydroxylation sites is 1. The molecule has 1 heterocycles. The Bertz CT molecular complexity index is 796. The molecular formula is C22H28N2O. The Morgan fingerprint density at radius 1 is 1.24 bits per heavy atom. The summed E-state index contributed by atoms with van der Waals surface area (Å²) in [5, 5.41) is 4.50. The van der Waals surface area contributed by atoms with E-state index in [2.05, 4.69) is 55.3 Å². The standard InChI is InChI=1S/C22H28N2O/c1-4-18(14(3)20-12-16-7-5-6-8-19(16)23-20)24-22(25)21-13(2)15-9-10-17(21)11-15/h5-8,12-13,15,17,21,23H,4,9-11H2,1-3H3,(H,24,25). The topological polar surface area (TPSA) is 44.9 Å². The number of hydrogen-bond acceptors (Lipinski definition) is 1. The van der Waals surface area contributed by atoms with Gasteiger partial charge < -0.3 is 10.3 Å². The first-order valence-corrected chi connectivity index (χ1v) is 9.67. The third-order valence-corrected chi connectivity index (χ3v) is 6.65. The maximum Gasteiger partial charge on any atom is 0.227 e. The van der Waals surface area contributed by atoms with Crippen LogP contribution in [-0.2, 0) is 4.79 Å². The fourth-order valence-electron chi connectivity index (χ4n) is 5.15. The van der Waals surface area contributed by atoms with E-state index in [1.807, 2.05) is 6.07 Å². The van der Waals surface area contributed by atoms with Gasteiger partial charge >= 0.3 is 0 Å². The van der Waals surface area contributed by atoms with Gasteiger partial charge in [0.15, 0.2) is 0 Å². The molecule has 2 aliphatic rings. The lowest BCUT2D eigenvalue weighted by Gasteiger charge is -2.28. The minimum absolute atomic E-state index is 0.204. The zero-order valence-electron chi connectivity index (χ0n) is 15.4. The average Bonchev–Trinajstić information content (AvgIpc) is 3.32. The lowest BCUT2D eigenvalue weighted by atomic mass is 9.80. The second-order valence-electron chi connectivity index (χ2n) is 7.93. The van der Waals surface area contributed by atoms with Crippen molar-refractivity contribution in [1.82, 2.24) is 10.3 Å². The minimum Gasteiger partial charge on any atom is -0.355 e. The van der Waals surface area contributed by atoms with E-state index >= 15 is 0 Å². The van der Waals surface area contributed by atoms with Crippen molar-refractivity contribution in [3.8, 4) is 0 Å². The highest BCUT2D eigenvalue weighted by Crippen LogP contribution is 2.52. The fourth-order valence-corrected chi connectivity index (χ4v) is 5.15. The molecule has 132 valence electrons. The van der Waals surface area contributed by atoms with Gasteiger partial charge in [-0.1, -0.05) is 32.0 Å². The van der Waals surface area contributed by atoms with E-state index in [0.29, 0.717) is 11.8 Å². The number of hydrogen-bond donors (Lipinski definition) is 2. The molecule has 2 fully saturated rings. The molecule has 1 aromatic heterocycles. The van der Waals surface area contributed by atoms with E-state index in [1.165, 1.54) is 24.6 Å². The van der Waals surface area contributed by atoms with Crippen molar-refractivity contribution < 1.29 is 4.79 Å². The van der Waals surface area contributed by atoms with Gasteiger partial charge in [-0.15, -0.1) is 0 Å². The number of aromatic amines is 1. The summed E-state index contributed by atoms with van der Waals surface area (Å²) in [6, 6.07) is 10.5. The van der Waals surface area contributed by atoms with Crippen LogP contribution in [0.1, 0.15) is 52.1 Å². The first-order chi connectivity index (χ1) is 12.1. The molecule has 0 aliphatic heterocycles. The molecule has 4 rings (SSSR count). The molecule has 0 spiro atoms. The molecule has 2 bridgehead atoms. The Balaban J connectivity index is 1.58. The monoisotopic (exact) mass is 336 g/mol. The van der Waals surface area contributed by atoms with E-state index in [0.717, 1.165) is 34.8 Å². The molecule has 4 unspecified atom stereocenters. The highest BCUT2D eigenvalue weighted by Gasteiger charge is 2.48. The van der Waals surface area contributed by atoms with Gasteiger partial charge in [-0.2, -0.15) is 0 Å². The summed E-state index contributed by atoms with van der Waals surface area (Å²) in [5.41, 5.74) is 4.43. The zero-order chi connectivity index (χ0) is 17.6. The molecule has 4 atom stereocenters. The van der Waals surface area contributed by atoms with Crippen LogP contribution >= 0.6 is 0 Å². The molecule has 0 saturated heterocycles. The Morgan fingerprint density at radius 2 is 2.00 bits per heavy atom. The second kappa shape index (κ2) is 6.36. The zero-order valence-corrected chi connectivity index (χ0v) is 15.4. The molecule has 25 heavy (non-hydrogen) atoms. The molecule has 2 aliphatic carbocycles. The van der Waals surface area contributed by atoms with Crippen LogP contribution in [-0.4, -0.2) is 10.9 Å². The fraction of sp³-hybridized carbons (Fsp3) is 0.500. The largest absolute Gasteiger partial charge is 0.355 e. The summed E-state index contributed by atoms with van der Waals surface area (Å²) in [7, 11) is 0. The maximum atomic E-state index is 13.0. The van der Waals surface area contributed by atoms with Crippen molar-refractivity contribution in [1.29, 1.82) is 0 Å². The van der Waals surface area contributed by atoms with Crippen LogP contribution in [0, 0.1) is 23.7 Å². The van der Waals surface area contributed by atoms with Crippen molar-refractivity contribution >= 4 is 22.4 Å². The number of fused-ring (bicyclic) bond motifs is 3. The number of nitrogens with one attached hydrogen (secondary N) is 2. The number of carbonyl (C=O) groups is 1. The van der Waals surface area contributed by atoms with Gasteiger partial charge in [0, 0.05) is 22.8 Å². The summed E-state index contributed by atoms with van der Waals surface area (Å²) in [4.78, 5) is 16.4. The highest BCUT2D eigenvalue weighted by atomic mass is 16.2. The van der Waals surface area contributed by atoms with Crippen molar-refractivity contribution in [3.05, 3.63) is 41.7 Å². The smallest absolute Gasteiger partial charge is 0.227 e. The van der Waals surface area contributed by atoms with Crippen LogP contribution in [0.3, 0.4) is 0 Å². The van der Waals surface area contributed by atoms with Crippen LogP contribution in [0.2, 0.25) is 0 Å². The predicted octanol–water partition coefficient (Wildman–Crippen LogP) is 5.11.